The topological polar surface area (TPSA) is 189 Å². The van der Waals surface area contributed by atoms with Crippen LogP contribution >= 0.6 is 0 Å². The first-order chi connectivity index (χ1) is 22.2. The van der Waals surface area contributed by atoms with Gasteiger partial charge in [-0.15, -0.1) is 4.48 Å². The molecule has 3 unspecified atom stereocenters. The van der Waals surface area contributed by atoms with Gasteiger partial charge in [0.1, 0.15) is 29.9 Å². The zero-order chi connectivity index (χ0) is 32.9. The van der Waals surface area contributed by atoms with E-state index in [0.29, 0.717) is 36.8 Å². The molecule has 12 nitrogen and oxygen atoms in total. The van der Waals surface area contributed by atoms with Gasteiger partial charge in [0.25, 0.3) is 0 Å². The van der Waals surface area contributed by atoms with Gasteiger partial charge in [0.15, 0.2) is 0 Å². The molecule has 5 atom stereocenters. The number of hydrogen-bond acceptors (Lipinski definition) is 9. The first-order valence-electron chi connectivity index (χ1n) is 16.7. The number of imidazole rings is 1. The predicted molar refractivity (Wildman–Crippen MR) is 177 cm³/mol. The number of quaternary nitrogens is 1. The molecule has 1 fully saturated rings. The highest BCUT2D eigenvalue weighted by molar-refractivity contribution is 6.02. The number of urea groups is 1. The number of nitrogens with one attached hydrogen (secondary N) is 3. The van der Waals surface area contributed by atoms with E-state index in [1.54, 1.807) is 12.4 Å². The molecular formula is C34H51N8O4+. The molecule has 1 aromatic carbocycles. The number of aromatic amines is 1. The van der Waals surface area contributed by atoms with Crippen LogP contribution in [0.1, 0.15) is 95.0 Å². The van der Waals surface area contributed by atoms with Gasteiger partial charge in [-0.05, 0) is 44.2 Å². The molecule has 0 bridgehead atoms. The monoisotopic (exact) mass is 635 g/mol. The quantitative estimate of drug-likeness (QED) is 0.119. The first-order valence-corrected chi connectivity index (χ1v) is 16.7. The van der Waals surface area contributed by atoms with E-state index in [-0.39, 0.29) is 24.9 Å². The summed E-state index contributed by atoms with van der Waals surface area (Å²) in [5, 5.41) is 17.2. The molecule has 1 saturated carbocycles. The number of aliphatic hydroxyl groups is 1. The SMILES string of the molecule is CC(CC1=C[N@@+](C(=O)NC(=O)CCCCCN)(C(=O)C(N)Cc2ccccc2)C=N1)NC(CC1CCCCC1)[C@@H](O)c1ncc[nH]1. The summed E-state index contributed by atoms with van der Waals surface area (Å²) in [4.78, 5) is 52.1. The molecule has 2 aromatic rings. The lowest BCUT2D eigenvalue weighted by Gasteiger charge is -2.31. The van der Waals surface area contributed by atoms with Gasteiger partial charge >= 0.3 is 11.9 Å². The Labute approximate surface area is 271 Å². The zero-order valence-corrected chi connectivity index (χ0v) is 26.9. The molecule has 0 spiro atoms. The van der Waals surface area contributed by atoms with Crippen LogP contribution in [0.5, 0.6) is 0 Å². The average Bonchev–Trinajstić information content (AvgIpc) is 3.75. The maximum atomic E-state index is 13.9. The van der Waals surface area contributed by atoms with E-state index in [2.05, 4.69) is 25.6 Å². The minimum atomic E-state index is -1.02. The minimum Gasteiger partial charge on any atom is -0.384 e. The molecule has 2 heterocycles. The van der Waals surface area contributed by atoms with Crippen molar-refractivity contribution in [3.8, 4) is 0 Å². The van der Waals surface area contributed by atoms with Crippen molar-refractivity contribution in [3.05, 3.63) is 66.0 Å². The van der Waals surface area contributed by atoms with E-state index in [1.807, 2.05) is 37.3 Å². The van der Waals surface area contributed by atoms with Crippen molar-refractivity contribution in [1.29, 1.82) is 0 Å². The Morgan fingerprint density at radius 3 is 2.54 bits per heavy atom. The number of aliphatic imine (C=N–C) groups is 1. The summed E-state index contributed by atoms with van der Waals surface area (Å²) in [6.45, 7) is 2.52. The molecule has 0 radical (unpaired) electrons. The van der Waals surface area contributed by atoms with Crippen molar-refractivity contribution in [2.24, 2.45) is 22.4 Å². The summed E-state index contributed by atoms with van der Waals surface area (Å²) in [5.41, 5.74) is 13.3. The molecule has 2 aliphatic rings. The van der Waals surface area contributed by atoms with Crippen LogP contribution in [0.2, 0.25) is 0 Å². The number of carbonyl (C=O) groups excluding carboxylic acids is 3. The van der Waals surface area contributed by atoms with E-state index in [4.69, 9.17) is 11.5 Å². The second kappa shape index (κ2) is 17.4. The lowest BCUT2D eigenvalue weighted by Crippen LogP contribution is -2.61. The fourth-order valence-electron chi connectivity index (χ4n) is 6.45. The number of hydrogen-bond donors (Lipinski definition) is 6. The van der Waals surface area contributed by atoms with Crippen molar-refractivity contribution in [2.75, 3.05) is 6.54 Å². The second-order valence-corrected chi connectivity index (χ2v) is 12.8. The molecule has 0 saturated heterocycles. The maximum Gasteiger partial charge on any atom is 0.441 e. The Morgan fingerprint density at radius 1 is 1.09 bits per heavy atom. The molecule has 1 aliphatic carbocycles. The average molecular weight is 636 g/mol. The fourth-order valence-corrected chi connectivity index (χ4v) is 6.45. The number of aliphatic hydroxyl groups excluding tert-OH is 1. The summed E-state index contributed by atoms with van der Waals surface area (Å²) in [6, 6.07) is 7.10. The summed E-state index contributed by atoms with van der Waals surface area (Å²) in [7, 11) is 0. The summed E-state index contributed by atoms with van der Waals surface area (Å²) < 4.78 is -0.925. The van der Waals surface area contributed by atoms with Gasteiger partial charge in [-0.1, -0.05) is 68.9 Å². The standard InChI is InChI=1S/C34H50N8O4/c1-24(40-29(21-26-13-7-3-8-14-26)31(44)32-37-17-18-38-32)19-27-22-42(23-39-27,34(46)41-30(43)15-9-4-10-16-35)33(45)28(36)20-25-11-5-2-6-12-25/h2,5-6,11-12,17-18,22-24,26,28-29,31,40,44H,3-4,7-10,13-16,19-21,35-36H2,1H3,(H-,37,38,41,43,46)/p+1/t24?,28?,29?,31-,42+/m1/s1. The molecule has 250 valence electrons. The van der Waals surface area contributed by atoms with Crippen LogP contribution in [0, 0.1) is 5.92 Å². The molecular weight excluding hydrogens is 584 g/mol. The number of benzene rings is 1. The van der Waals surface area contributed by atoms with Crippen molar-refractivity contribution < 1.29 is 24.0 Å². The normalized spacial score (nSPS) is 20.9. The largest absolute Gasteiger partial charge is 0.441 e. The number of aromatic nitrogens is 2. The van der Waals surface area contributed by atoms with Crippen LogP contribution in [-0.2, 0) is 16.0 Å². The van der Waals surface area contributed by atoms with Gasteiger partial charge < -0.3 is 26.9 Å². The number of nitrogens with two attached hydrogens (primary N) is 2. The Balaban J connectivity index is 1.49. The third-order valence-corrected chi connectivity index (χ3v) is 8.94. The highest BCUT2D eigenvalue weighted by Gasteiger charge is 2.49. The van der Waals surface area contributed by atoms with Gasteiger partial charge in [-0.3, -0.25) is 4.79 Å². The molecule has 4 amide bonds. The Hall–Kier alpha value is -3.55. The fraction of sp³-hybridized carbons (Fsp3) is 0.559. The number of unbranched alkanes of at least 4 members (excludes halogenated alkanes) is 2. The summed E-state index contributed by atoms with van der Waals surface area (Å²) in [6.07, 6.45) is 14.9. The minimum absolute atomic E-state index is 0.144. The molecule has 1 aromatic heterocycles. The first kappa shape index (κ1) is 35.3. The molecule has 4 rings (SSSR count). The predicted octanol–water partition coefficient (Wildman–Crippen LogP) is 3.70. The Kier molecular flexibility index (Phi) is 13.3. The lowest BCUT2D eigenvalue weighted by molar-refractivity contribution is -0.608. The lowest BCUT2D eigenvalue weighted by atomic mass is 9.83. The molecule has 8 N–H and O–H groups in total. The van der Waals surface area contributed by atoms with Gasteiger partial charge in [-0.2, -0.15) is 0 Å². The van der Waals surface area contributed by atoms with E-state index in [9.17, 15) is 19.5 Å². The molecule has 1 aliphatic heterocycles. The van der Waals surface area contributed by atoms with Gasteiger partial charge in [0.05, 0.1) is 0 Å². The van der Waals surface area contributed by atoms with E-state index in [1.165, 1.54) is 31.8 Å². The summed E-state index contributed by atoms with van der Waals surface area (Å²) in [5.74, 6) is -0.0280. The van der Waals surface area contributed by atoms with Crippen LogP contribution in [0.3, 0.4) is 0 Å². The van der Waals surface area contributed by atoms with E-state index >= 15 is 0 Å². The van der Waals surface area contributed by atoms with E-state index in [0.717, 1.165) is 37.7 Å². The van der Waals surface area contributed by atoms with Gasteiger partial charge in [0.2, 0.25) is 12.2 Å². The summed E-state index contributed by atoms with van der Waals surface area (Å²) >= 11 is 0. The number of carbonyl (C=O) groups is 3. The third-order valence-electron chi connectivity index (χ3n) is 8.94. The highest BCUT2D eigenvalue weighted by atomic mass is 16.3. The van der Waals surface area contributed by atoms with Gasteiger partial charge in [-0.25, -0.2) is 24.9 Å². The zero-order valence-electron chi connectivity index (χ0n) is 26.9. The number of imide groups is 2. The van der Waals surface area contributed by atoms with Crippen LogP contribution < -0.4 is 22.1 Å². The number of rotatable bonds is 16. The third kappa shape index (κ3) is 9.73. The highest BCUT2D eigenvalue weighted by Crippen LogP contribution is 2.31. The van der Waals surface area contributed by atoms with Crippen LogP contribution in [-0.4, -0.2) is 68.4 Å². The van der Waals surface area contributed by atoms with Crippen LogP contribution in [0.4, 0.5) is 4.79 Å². The van der Waals surface area contributed by atoms with Gasteiger partial charge in [0, 0.05) is 43.7 Å². The number of amides is 4. The number of H-pyrrole nitrogens is 1. The second-order valence-electron chi connectivity index (χ2n) is 12.8. The van der Waals surface area contributed by atoms with Crippen LogP contribution in [0.25, 0.3) is 0 Å². The van der Waals surface area contributed by atoms with E-state index < -0.39 is 34.5 Å². The molecule has 46 heavy (non-hydrogen) atoms. The maximum absolute atomic E-state index is 13.9. The van der Waals surface area contributed by atoms with Crippen molar-refractivity contribution >= 4 is 24.2 Å². The number of nitrogens with zero attached hydrogens (tertiary/aromatic N) is 3. The van der Waals surface area contributed by atoms with Crippen molar-refractivity contribution in [3.63, 3.8) is 0 Å². The smallest absolute Gasteiger partial charge is 0.384 e. The Bertz CT molecular complexity index is 1330. The van der Waals surface area contributed by atoms with Crippen LogP contribution in [0.15, 0.2) is 59.6 Å². The van der Waals surface area contributed by atoms with Crippen molar-refractivity contribution in [1.82, 2.24) is 20.6 Å². The Morgan fingerprint density at radius 2 is 1.85 bits per heavy atom. The molecule has 12 heteroatoms. The van der Waals surface area contributed by atoms with Crippen molar-refractivity contribution in [2.45, 2.75) is 108 Å².